The summed E-state index contributed by atoms with van der Waals surface area (Å²) in [7, 11) is -7.53. The van der Waals surface area contributed by atoms with Gasteiger partial charge >= 0.3 is 21.6 Å². The molecule has 21 heteroatoms. The first-order chi connectivity index (χ1) is 35.1. The number of aliphatic hydroxyl groups is 2. The molecule has 0 aliphatic carbocycles. The summed E-state index contributed by atoms with van der Waals surface area (Å²) >= 11 is 0. The van der Waals surface area contributed by atoms with Gasteiger partial charge in [-0.3, -0.25) is 13.8 Å². The zero-order chi connectivity index (χ0) is 53.7. The number of phosphoric acid groups is 2. The molecule has 0 saturated carbocycles. The van der Waals surface area contributed by atoms with Gasteiger partial charge in [0.15, 0.2) is 18.7 Å². The molecule has 2 heterocycles. The number of esters is 1. The maximum atomic E-state index is 13.8. The molecule has 73 heavy (non-hydrogen) atoms. The number of rotatable bonds is 46. The first kappa shape index (κ1) is 68.2. The number of aliphatic hydroxyl groups excluding tert-OH is 2. The number of carbonyl (C=O) groups is 1. The largest absolute Gasteiger partial charge is 0.472 e. The second kappa shape index (κ2) is 41.2. The first-order valence-corrected chi connectivity index (χ1v) is 31.0. The molecule has 0 spiro atoms. The Kier molecular flexibility index (Phi) is 38.4. The summed E-state index contributed by atoms with van der Waals surface area (Å²) in [6.45, 7) is 5.76. The smallest absolute Gasteiger partial charge is 0.454 e. The summed E-state index contributed by atoms with van der Waals surface area (Å²) in [6.07, 6.45) is 17.3. The number of allylic oxidation sites excluding steroid dienone is 2. The maximum Gasteiger partial charge on any atom is 0.472 e. The van der Waals surface area contributed by atoms with E-state index in [9.17, 15) is 43.7 Å². The Morgan fingerprint density at radius 3 is 1.59 bits per heavy atom. The minimum atomic E-state index is -5.24. The average Bonchev–Trinajstić information content (AvgIpc) is 3.33. The zero-order valence-corrected chi connectivity index (χ0v) is 47.0. The van der Waals surface area contributed by atoms with Gasteiger partial charge in [-0.1, -0.05) is 161 Å². The van der Waals surface area contributed by atoms with E-state index in [-0.39, 0.29) is 32.3 Å². The average molecular weight is 1090 g/mol. The fourth-order valence-corrected chi connectivity index (χ4v) is 10.3. The summed E-state index contributed by atoms with van der Waals surface area (Å²) in [4.78, 5) is 53.5. The van der Waals surface area contributed by atoms with E-state index in [0.29, 0.717) is 19.3 Å². The number of unbranched alkanes of at least 4 members (excludes halogenated alkanes) is 22. The number of methoxy groups -OCH3 is 2. The Hall–Kier alpha value is -0.930. The molecule has 2 aliphatic heterocycles. The van der Waals surface area contributed by atoms with E-state index >= 15 is 0 Å². The highest BCUT2D eigenvalue weighted by atomic mass is 31.2. The Morgan fingerprint density at radius 2 is 1.03 bits per heavy atom. The molecule has 2 saturated heterocycles. The first-order valence-electron chi connectivity index (χ1n) is 27.9. The van der Waals surface area contributed by atoms with Crippen molar-refractivity contribution in [1.29, 1.82) is 0 Å². The monoisotopic (exact) mass is 1090 g/mol. The molecule has 0 radical (unpaired) electrons. The number of hydrogen-bond donors (Lipinski definition) is 6. The number of hydrogen-bond acceptors (Lipinski definition) is 15. The van der Waals surface area contributed by atoms with Crippen molar-refractivity contribution in [3.05, 3.63) is 12.2 Å². The van der Waals surface area contributed by atoms with Gasteiger partial charge in [0, 0.05) is 33.9 Å². The SMILES string of the molecule is CCCCCC/C=C\CCCCCCCCCC(=O)O[C@H]1[C@H](OC[C@H]2O[C@H](OP(=O)(O)O)[C@H](O)[C@@H](OCCCCCCCCCC)[C@@H]2O)O[C@H](COC)[C@@H](OP(=O)(O)O)[C@@H]1OCC[C@@H](CCCCCCC)OC. The fraction of sp³-hybridized carbons (Fsp3) is 0.942. The maximum absolute atomic E-state index is 13.8. The van der Waals surface area contributed by atoms with Gasteiger partial charge in [-0.15, -0.1) is 0 Å². The molecule has 2 rings (SSSR count). The lowest BCUT2D eigenvalue weighted by Crippen LogP contribution is -2.63. The van der Waals surface area contributed by atoms with Crippen LogP contribution in [0.2, 0.25) is 0 Å². The van der Waals surface area contributed by atoms with E-state index in [4.69, 9.17) is 46.9 Å². The van der Waals surface area contributed by atoms with Gasteiger partial charge in [0.2, 0.25) is 0 Å². The van der Waals surface area contributed by atoms with Crippen molar-refractivity contribution >= 4 is 21.6 Å². The van der Waals surface area contributed by atoms with Crippen molar-refractivity contribution in [3.8, 4) is 0 Å². The van der Waals surface area contributed by atoms with Gasteiger partial charge < -0.3 is 67.7 Å². The minimum Gasteiger partial charge on any atom is -0.454 e. The third-order valence-electron chi connectivity index (χ3n) is 13.4. The predicted octanol–water partition coefficient (Wildman–Crippen LogP) is 10.0. The van der Waals surface area contributed by atoms with Crippen molar-refractivity contribution in [1.82, 2.24) is 0 Å². The van der Waals surface area contributed by atoms with Gasteiger partial charge in [-0.05, 0) is 51.4 Å². The van der Waals surface area contributed by atoms with E-state index < -0.39 is 89.6 Å². The van der Waals surface area contributed by atoms with Crippen LogP contribution in [0.3, 0.4) is 0 Å². The third-order valence-corrected chi connectivity index (χ3v) is 14.4. The second-order valence-corrected chi connectivity index (χ2v) is 22.2. The van der Waals surface area contributed by atoms with Crippen LogP contribution in [-0.2, 0) is 60.9 Å². The van der Waals surface area contributed by atoms with Gasteiger partial charge in [0.25, 0.3) is 0 Å². The van der Waals surface area contributed by atoms with Gasteiger partial charge in [0.05, 0.1) is 19.3 Å². The van der Waals surface area contributed by atoms with Crippen LogP contribution in [-0.4, -0.2) is 144 Å². The molecular formula is C52H100O19P2. The van der Waals surface area contributed by atoms with Crippen LogP contribution in [0.15, 0.2) is 12.2 Å². The number of phosphoric ester groups is 2. The summed E-state index contributed by atoms with van der Waals surface area (Å²) in [6, 6.07) is 0. The van der Waals surface area contributed by atoms with E-state index in [1.54, 1.807) is 7.11 Å². The lowest BCUT2D eigenvalue weighted by Gasteiger charge is -2.46. The van der Waals surface area contributed by atoms with Gasteiger partial charge in [-0.25, -0.2) is 9.13 Å². The Balaban J connectivity index is 2.29. The van der Waals surface area contributed by atoms with Gasteiger partial charge in [0.1, 0.15) is 42.7 Å². The van der Waals surface area contributed by atoms with Crippen molar-refractivity contribution in [2.45, 2.75) is 274 Å². The molecule has 6 N–H and O–H groups in total. The van der Waals surface area contributed by atoms with Crippen LogP contribution in [0.5, 0.6) is 0 Å². The highest BCUT2D eigenvalue weighted by Gasteiger charge is 2.54. The molecule has 0 amide bonds. The van der Waals surface area contributed by atoms with Crippen molar-refractivity contribution in [2.75, 3.05) is 40.6 Å². The van der Waals surface area contributed by atoms with E-state index in [1.165, 1.54) is 45.6 Å². The van der Waals surface area contributed by atoms with Crippen LogP contribution in [0, 0.1) is 0 Å². The quantitative estimate of drug-likeness (QED) is 0.0143. The summed E-state index contributed by atoms with van der Waals surface area (Å²) < 4.78 is 82.4. The molecule has 19 nitrogen and oxygen atoms in total. The van der Waals surface area contributed by atoms with Crippen molar-refractivity contribution in [2.24, 2.45) is 0 Å². The Morgan fingerprint density at radius 1 is 0.521 bits per heavy atom. The molecule has 0 aromatic heterocycles. The normalized spacial score (nSPS) is 25.4. The molecule has 11 atom stereocenters. The molecule has 0 aromatic rings. The van der Waals surface area contributed by atoms with Crippen molar-refractivity contribution < 1.29 is 90.7 Å². The van der Waals surface area contributed by atoms with Crippen LogP contribution in [0.1, 0.15) is 207 Å². The molecule has 2 aliphatic rings. The van der Waals surface area contributed by atoms with Crippen molar-refractivity contribution in [3.63, 3.8) is 0 Å². The summed E-state index contributed by atoms with van der Waals surface area (Å²) in [5.41, 5.74) is 0. The fourth-order valence-electron chi connectivity index (χ4n) is 9.26. The molecular weight excluding hydrogens is 991 g/mol. The Bertz CT molecular complexity index is 1480. The topological polar surface area (TPSA) is 265 Å². The lowest BCUT2D eigenvalue weighted by molar-refractivity contribution is -0.330. The molecule has 432 valence electrons. The molecule has 0 unspecified atom stereocenters. The molecule has 2 fully saturated rings. The third kappa shape index (κ3) is 31.3. The van der Waals surface area contributed by atoms with Crippen LogP contribution in [0.25, 0.3) is 0 Å². The summed E-state index contributed by atoms with van der Waals surface area (Å²) in [5, 5.41) is 22.7. The van der Waals surface area contributed by atoms with Crippen LogP contribution < -0.4 is 0 Å². The predicted molar refractivity (Wildman–Crippen MR) is 277 cm³/mol. The lowest BCUT2D eigenvalue weighted by atomic mass is 9.97. The minimum absolute atomic E-state index is 0.00340. The second-order valence-electron chi connectivity index (χ2n) is 19.8. The van der Waals surface area contributed by atoms with E-state index in [1.807, 2.05) is 0 Å². The van der Waals surface area contributed by atoms with Crippen LogP contribution in [0.4, 0.5) is 0 Å². The number of carbonyl (C=O) groups excluding carboxylic acids is 1. The molecule has 0 aromatic carbocycles. The van der Waals surface area contributed by atoms with Gasteiger partial charge in [-0.2, -0.15) is 0 Å². The standard InChI is InChI=1S/C52H100O19P2/c1-6-9-12-15-17-19-20-21-22-23-24-25-26-29-32-35-44(53)69-50-49(65-38-36-41(63-5)34-31-28-14-11-8-3)47(70-72(56,57)58)43(39-62-4)68-52(50)66-40-42-45(54)48(46(55)51(67-42)71-73(59,60)61)64-37-33-30-27-18-16-13-10-7-2/h19-20,41-43,45-52,54-55H,6-18,21-40H2,1-5H3,(H2,56,57,58)(H2,59,60,61)/b20-19-/t41-,42-,43-,45-,46-,47-,48+,49+,50-,51-,52-/m1/s1. The summed E-state index contributed by atoms with van der Waals surface area (Å²) in [5.74, 6) is -0.652. The zero-order valence-electron chi connectivity index (χ0n) is 45.2. The highest BCUT2D eigenvalue weighted by Crippen LogP contribution is 2.44. The van der Waals surface area contributed by atoms with E-state index in [0.717, 1.165) is 122 Å². The van der Waals surface area contributed by atoms with Crippen LogP contribution >= 0.6 is 15.6 Å². The van der Waals surface area contributed by atoms with E-state index in [2.05, 4.69) is 32.9 Å². The molecule has 0 bridgehead atoms. The Labute approximate surface area is 438 Å². The highest BCUT2D eigenvalue weighted by molar-refractivity contribution is 7.46. The number of ether oxygens (including phenoxy) is 8.